The van der Waals surface area contributed by atoms with Gasteiger partial charge in [0.05, 0.1) is 22.7 Å². The Morgan fingerprint density at radius 3 is 2.71 bits per heavy atom. The number of aromatic nitrogens is 4. The first-order valence-electron chi connectivity index (χ1n) is 9.66. The van der Waals surface area contributed by atoms with E-state index in [1.165, 1.54) is 10.7 Å². The first-order valence-corrected chi connectivity index (χ1v) is 10.0. The fraction of sp³-hybridized carbons (Fsp3) is 0.136. The van der Waals surface area contributed by atoms with Crippen molar-refractivity contribution >= 4 is 23.2 Å². The summed E-state index contributed by atoms with van der Waals surface area (Å²) >= 11 is 6.37. The number of carbonyl (C=O) groups is 1. The standard InChI is InChI=1S/C22H16ClF2N5O/c23-16-10-13(4-7-20(16)29-9-8-26-12-29)27-22(31)21-15-2-1-3-19(15)30(28-21)14-5-6-17(24)18(25)11-14/h4-12H,1-3H2,(H,27,31). The molecular weight excluding hydrogens is 424 g/mol. The number of nitrogens with zero attached hydrogens (tertiary/aromatic N) is 4. The maximum absolute atomic E-state index is 13.7. The van der Waals surface area contributed by atoms with Crippen molar-refractivity contribution in [1.29, 1.82) is 0 Å². The Labute approximate surface area is 181 Å². The third-order valence-electron chi connectivity index (χ3n) is 5.28. The lowest BCUT2D eigenvalue weighted by Gasteiger charge is -2.09. The lowest BCUT2D eigenvalue weighted by molar-refractivity contribution is 0.102. The van der Waals surface area contributed by atoms with Gasteiger partial charge in [-0.05, 0) is 49.6 Å². The summed E-state index contributed by atoms with van der Waals surface area (Å²) in [5.74, 6) is -2.27. The van der Waals surface area contributed by atoms with Crippen LogP contribution < -0.4 is 5.32 Å². The van der Waals surface area contributed by atoms with E-state index in [1.807, 2.05) is 0 Å². The van der Waals surface area contributed by atoms with E-state index in [4.69, 9.17) is 11.6 Å². The van der Waals surface area contributed by atoms with E-state index in [2.05, 4.69) is 15.4 Å². The van der Waals surface area contributed by atoms with E-state index in [1.54, 1.807) is 41.5 Å². The topological polar surface area (TPSA) is 64.7 Å². The minimum Gasteiger partial charge on any atom is -0.321 e. The molecule has 0 saturated heterocycles. The summed E-state index contributed by atoms with van der Waals surface area (Å²) in [6.07, 6.45) is 7.32. The van der Waals surface area contributed by atoms with Crippen molar-refractivity contribution in [3.63, 3.8) is 0 Å². The van der Waals surface area contributed by atoms with Crippen LogP contribution in [-0.4, -0.2) is 25.2 Å². The van der Waals surface area contributed by atoms with E-state index < -0.39 is 11.6 Å². The summed E-state index contributed by atoms with van der Waals surface area (Å²) in [5, 5.41) is 7.70. The molecule has 0 saturated carbocycles. The molecule has 5 rings (SSSR count). The molecule has 31 heavy (non-hydrogen) atoms. The molecule has 2 heterocycles. The molecule has 1 amide bonds. The highest BCUT2D eigenvalue weighted by Gasteiger charge is 2.27. The monoisotopic (exact) mass is 439 g/mol. The summed E-state index contributed by atoms with van der Waals surface area (Å²) in [7, 11) is 0. The van der Waals surface area contributed by atoms with Crippen LogP contribution in [-0.2, 0) is 12.8 Å². The Kier molecular flexibility index (Phi) is 4.78. The SMILES string of the molecule is O=C(Nc1ccc(-n2ccnc2)c(Cl)c1)c1nn(-c2ccc(F)c(F)c2)c2c1CCC2. The zero-order valence-corrected chi connectivity index (χ0v) is 16.9. The van der Waals surface area contributed by atoms with E-state index in [0.29, 0.717) is 29.2 Å². The van der Waals surface area contributed by atoms with E-state index in [0.717, 1.165) is 35.5 Å². The van der Waals surface area contributed by atoms with Crippen LogP contribution >= 0.6 is 11.6 Å². The van der Waals surface area contributed by atoms with Gasteiger partial charge in [0.2, 0.25) is 0 Å². The van der Waals surface area contributed by atoms with Crippen LogP contribution in [0.1, 0.15) is 28.2 Å². The molecule has 4 aromatic rings. The number of fused-ring (bicyclic) bond motifs is 1. The second-order valence-electron chi connectivity index (χ2n) is 7.23. The zero-order valence-electron chi connectivity index (χ0n) is 16.1. The molecule has 1 aliphatic carbocycles. The third kappa shape index (κ3) is 3.48. The minimum atomic E-state index is -0.960. The van der Waals surface area contributed by atoms with Crippen molar-refractivity contribution in [3.8, 4) is 11.4 Å². The maximum Gasteiger partial charge on any atom is 0.276 e. The third-order valence-corrected chi connectivity index (χ3v) is 5.58. The molecule has 0 bridgehead atoms. The summed E-state index contributed by atoms with van der Waals surface area (Å²) in [4.78, 5) is 17.0. The van der Waals surface area contributed by atoms with E-state index in [9.17, 15) is 13.6 Å². The van der Waals surface area contributed by atoms with Crippen LogP contribution in [0.4, 0.5) is 14.5 Å². The van der Waals surface area contributed by atoms with E-state index >= 15 is 0 Å². The first kappa shape index (κ1) is 19.4. The fourth-order valence-corrected chi connectivity index (χ4v) is 4.11. The van der Waals surface area contributed by atoms with Crippen LogP contribution in [0.5, 0.6) is 0 Å². The number of hydrogen-bond donors (Lipinski definition) is 1. The Balaban J connectivity index is 1.45. The molecule has 1 aliphatic rings. The number of hydrogen-bond acceptors (Lipinski definition) is 3. The molecule has 0 fully saturated rings. The largest absolute Gasteiger partial charge is 0.321 e. The number of benzene rings is 2. The molecule has 0 unspecified atom stereocenters. The molecule has 2 aromatic carbocycles. The van der Waals surface area contributed by atoms with Crippen molar-refractivity contribution in [2.45, 2.75) is 19.3 Å². The van der Waals surface area contributed by atoms with Crippen molar-refractivity contribution in [2.75, 3.05) is 5.32 Å². The predicted molar refractivity (Wildman–Crippen MR) is 112 cm³/mol. The smallest absolute Gasteiger partial charge is 0.276 e. The number of anilines is 1. The quantitative estimate of drug-likeness (QED) is 0.500. The fourth-order valence-electron chi connectivity index (χ4n) is 3.84. The second-order valence-corrected chi connectivity index (χ2v) is 7.64. The summed E-state index contributed by atoms with van der Waals surface area (Å²) in [5.41, 5.74) is 3.57. The van der Waals surface area contributed by atoms with E-state index in [-0.39, 0.29) is 11.6 Å². The molecule has 6 nitrogen and oxygen atoms in total. The Hall–Kier alpha value is -3.52. The van der Waals surface area contributed by atoms with Crippen LogP contribution in [0, 0.1) is 11.6 Å². The molecule has 0 atom stereocenters. The first-order chi connectivity index (χ1) is 15.0. The molecule has 9 heteroatoms. The van der Waals surface area contributed by atoms with Crippen LogP contribution in [0.15, 0.2) is 55.1 Å². The zero-order chi connectivity index (χ0) is 21.5. The summed E-state index contributed by atoms with van der Waals surface area (Å²) in [6.45, 7) is 0. The number of halogens is 3. The highest BCUT2D eigenvalue weighted by molar-refractivity contribution is 6.32. The highest BCUT2D eigenvalue weighted by atomic mass is 35.5. The molecule has 2 aromatic heterocycles. The Morgan fingerprint density at radius 2 is 1.97 bits per heavy atom. The predicted octanol–water partition coefficient (Wildman–Crippen LogP) is 4.73. The van der Waals surface area contributed by atoms with Gasteiger partial charge in [-0.2, -0.15) is 5.10 Å². The van der Waals surface area contributed by atoms with Crippen LogP contribution in [0.2, 0.25) is 5.02 Å². The Morgan fingerprint density at radius 1 is 1.10 bits per heavy atom. The van der Waals surface area contributed by atoms with Gasteiger partial charge < -0.3 is 9.88 Å². The lowest BCUT2D eigenvalue weighted by atomic mass is 10.2. The summed E-state index contributed by atoms with van der Waals surface area (Å²) < 4.78 is 30.3. The van der Waals surface area contributed by atoms with Crippen molar-refractivity contribution in [1.82, 2.24) is 19.3 Å². The van der Waals surface area contributed by atoms with Gasteiger partial charge >= 0.3 is 0 Å². The molecule has 1 N–H and O–H groups in total. The number of imidazole rings is 1. The molecule has 0 aliphatic heterocycles. The van der Waals surface area contributed by atoms with Crippen molar-refractivity contribution < 1.29 is 13.6 Å². The molecule has 0 spiro atoms. The van der Waals surface area contributed by atoms with Gasteiger partial charge in [-0.1, -0.05) is 11.6 Å². The van der Waals surface area contributed by atoms with Gasteiger partial charge in [-0.3, -0.25) is 4.79 Å². The second kappa shape index (κ2) is 7.63. The van der Waals surface area contributed by atoms with Crippen molar-refractivity contribution in [3.05, 3.63) is 88.7 Å². The van der Waals surface area contributed by atoms with Gasteiger partial charge in [0.25, 0.3) is 5.91 Å². The number of rotatable bonds is 4. The number of amides is 1. The average Bonchev–Trinajstić information content (AvgIpc) is 3.48. The molecule has 0 radical (unpaired) electrons. The van der Waals surface area contributed by atoms with Crippen molar-refractivity contribution in [2.24, 2.45) is 0 Å². The van der Waals surface area contributed by atoms with Crippen LogP contribution in [0.3, 0.4) is 0 Å². The van der Waals surface area contributed by atoms with Gasteiger partial charge in [0, 0.05) is 35.4 Å². The van der Waals surface area contributed by atoms with Gasteiger partial charge in [0.15, 0.2) is 17.3 Å². The van der Waals surface area contributed by atoms with Gasteiger partial charge in [0.1, 0.15) is 0 Å². The number of nitrogens with one attached hydrogen (secondary N) is 1. The molecular formula is C22H16ClF2N5O. The van der Waals surface area contributed by atoms with Crippen LogP contribution in [0.25, 0.3) is 11.4 Å². The minimum absolute atomic E-state index is 0.270. The maximum atomic E-state index is 13.7. The normalized spacial score (nSPS) is 12.7. The Bertz CT molecular complexity index is 1300. The lowest BCUT2D eigenvalue weighted by Crippen LogP contribution is -2.15. The average molecular weight is 440 g/mol. The van der Waals surface area contributed by atoms with Gasteiger partial charge in [-0.25, -0.2) is 18.4 Å². The molecule has 156 valence electrons. The van der Waals surface area contributed by atoms with Gasteiger partial charge in [-0.15, -0.1) is 0 Å². The number of carbonyl (C=O) groups excluding carboxylic acids is 1. The summed E-state index contributed by atoms with van der Waals surface area (Å²) in [6, 6.07) is 8.76. The highest BCUT2D eigenvalue weighted by Crippen LogP contribution is 2.30.